The Morgan fingerprint density at radius 3 is 2.95 bits per heavy atom. The molecule has 106 valence electrons. The predicted molar refractivity (Wildman–Crippen MR) is 80.8 cm³/mol. The molecule has 3 nitrogen and oxygen atoms in total. The molecule has 2 rings (SSSR count). The van der Waals surface area contributed by atoms with Crippen LogP contribution >= 0.6 is 11.3 Å². The van der Waals surface area contributed by atoms with Crippen LogP contribution in [0.15, 0.2) is 17.5 Å². The second kappa shape index (κ2) is 7.06. The molecule has 2 heterocycles. The first-order chi connectivity index (χ1) is 9.24. The van der Waals surface area contributed by atoms with Crippen LogP contribution in [0, 0.1) is 0 Å². The molecule has 0 aliphatic carbocycles. The molecule has 0 spiro atoms. The highest BCUT2D eigenvalue weighted by atomic mass is 32.1. The first-order valence-electron chi connectivity index (χ1n) is 7.33. The Kier molecular flexibility index (Phi) is 5.40. The van der Waals surface area contributed by atoms with Crippen LogP contribution < -0.4 is 5.32 Å². The number of thiophene rings is 1. The van der Waals surface area contributed by atoms with E-state index in [4.69, 9.17) is 0 Å². The summed E-state index contributed by atoms with van der Waals surface area (Å²) < 4.78 is 0. The van der Waals surface area contributed by atoms with Crippen LogP contribution in [0.4, 0.5) is 0 Å². The Morgan fingerprint density at radius 1 is 1.53 bits per heavy atom. The normalized spacial score (nSPS) is 19.9. The SMILES string of the molecule is CCC(CC)N[C@@H]1CCCN(C(=O)c2cccs2)C1. The number of hydrogen-bond donors (Lipinski definition) is 1. The Bertz CT molecular complexity index is 387. The van der Waals surface area contributed by atoms with E-state index < -0.39 is 0 Å². The molecule has 1 N–H and O–H groups in total. The monoisotopic (exact) mass is 280 g/mol. The van der Waals surface area contributed by atoms with Gasteiger partial charge in [0.25, 0.3) is 5.91 Å². The number of carbonyl (C=O) groups excluding carboxylic acids is 1. The van der Waals surface area contributed by atoms with Crippen molar-refractivity contribution in [2.24, 2.45) is 0 Å². The molecule has 0 unspecified atom stereocenters. The third-order valence-corrected chi connectivity index (χ3v) is 4.76. The minimum absolute atomic E-state index is 0.200. The van der Waals surface area contributed by atoms with Gasteiger partial charge < -0.3 is 10.2 Å². The Balaban J connectivity index is 1.91. The van der Waals surface area contributed by atoms with Crippen LogP contribution in [-0.2, 0) is 0 Å². The zero-order valence-corrected chi connectivity index (χ0v) is 12.7. The van der Waals surface area contributed by atoms with E-state index in [-0.39, 0.29) is 5.91 Å². The van der Waals surface area contributed by atoms with Gasteiger partial charge in [0.15, 0.2) is 0 Å². The number of hydrogen-bond acceptors (Lipinski definition) is 3. The average molecular weight is 280 g/mol. The molecule has 0 radical (unpaired) electrons. The summed E-state index contributed by atoms with van der Waals surface area (Å²) >= 11 is 1.54. The largest absolute Gasteiger partial charge is 0.336 e. The van der Waals surface area contributed by atoms with E-state index in [2.05, 4.69) is 19.2 Å². The molecular formula is C15H24N2OS. The number of piperidine rings is 1. The fourth-order valence-corrected chi connectivity index (χ4v) is 3.40. The molecule has 1 aromatic heterocycles. The molecule has 0 aromatic carbocycles. The third-order valence-electron chi connectivity index (χ3n) is 3.90. The molecule has 1 aliphatic rings. The molecule has 1 atom stereocenters. The topological polar surface area (TPSA) is 32.3 Å². The molecule has 1 aliphatic heterocycles. The second-order valence-electron chi connectivity index (χ2n) is 5.25. The van der Waals surface area contributed by atoms with Gasteiger partial charge >= 0.3 is 0 Å². The van der Waals surface area contributed by atoms with Crippen molar-refractivity contribution in [2.45, 2.75) is 51.6 Å². The highest BCUT2D eigenvalue weighted by molar-refractivity contribution is 7.12. The maximum absolute atomic E-state index is 12.3. The molecular weight excluding hydrogens is 256 g/mol. The first-order valence-corrected chi connectivity index (χ1v) is 8.21. The zero-order chi connectivity index (χ0) is 13.7. The summed E-state index contributed by atoms with van der Waals surface area (Å²) in [6, 6.07) is 4.91. The lowest BCUT2D eigenvalue weighted by atomic mass is 10.0. The van der Waals surface area contributed by atoms with Crippen molar-refractivity contribution in [1.82, 2.24) is 10.2 Å². The molecule has 1 aromatic rings. The molecule has 4 heteroatoms. The highest BCUT2D eigenvalue weighted by Gasteiger charge is 2.25. The number of nitrogens with zero attached hydrogens (tertiary/aromatic N) is 1. The van der Waals surface area contributed by atoms with Gasteiger partial charge in [-0.2, -0.15) is 0 Å². The smallest absolute Gasteiger partial charge is 0.263 e. The minimum Gasteiger partial charge on any atom is -0.336 e. The number of likely N-dealkylation sites (tertiary alicyclic amines) is 1. The van der Waals surface area contributed by atoms with Crippen molar-refractivity contribution in [1.29, 1.82) is 0 Å². The molecule has 0 saturated carbocycles. The van der Waals surface area contributed by atoms with Crippen molar-refractivity contribution in [3.63, 3.8) is 0 Å². The number of amides is 1. The van der Waals surface area contributed by atoms with E-state index in [9.17, 15) is 4.79 Å². The van der Waals surface area contributed by atoms with Gasteiger partial charge in [-0.25, -0.2) is 0 Å². The van der Waals surface area contributed by atoms with Gasteiger partial charge in [-0.3, -0.25) is 4.79 Å². The molecule has 1 saturated heterocycles. The zero-order valence-electron chi connectivity index (χ0n) is 11.9. The maximum atomic E-state index is 12.3. The van der Waals surface area contributed by atoms with E-state index in [1.807, 2.05) is 22.4 Å². The molecule has 1 amide bonds. The fraction of sp³-hybridized carbons (Fsp3) is 0.667. The Hall–Kier alpha value is -0.870. The van der Waals surface area contributed by atoms with Crippen LogP contribution in [0.1, 0.15) is 49.2 Å². The minimum atomic E-state index is 0.200. The van der Waals surface area contributed by atoms with Gasteiger partial charge in [0, 0.05) is 25.2 Å². The van der Waals surface area contributed by atoms with Gasteiger partial charge in [-0.15, -0.1) is 11.3 Å². The second-order valence-corrected chi connectivity index (χ2v) is 6.20. The summed E-state index contributed by atoms with van der Waals surface area (Å²) in [5, 5.41) is 5.66. The summed E-state index contributed by atoms with van der Waals surface area (Å²) in [6.45, 7) is 6.20. The van der Waals surface area contributed by atoms with E-state index in [0.717, 1.165) is 37.2 Å². The van der Waals surface area contributed by atoms with Crippen LogP contribution in [0.25, 0.3) is 0 Å². The molecule has 19 heavy (non-hydrogen) atoms. The lowest BCUT2D eigenvalue weighted by Crippen LogP contribution is -2.50. The van der Waals surface area contributed by atoms with Gasteiger partial charge in [-0.1, -0.05) is 19.9 Å². The predicted octanol–water partition coefficient (Wildman–Crippen LogP) is 3.13. The van der Waals surface area contributed by atoms with Crippen molar-refractivity contribution >= 4 is 17.2 Å². The average Bonchev–Trinajstić information content (AvgIpc) is 2.98. The quantitative estimate of drug-likeness (QED) is 0.898. The van der Waals surface area contributed by atoms with Crippen LogP contribution in [0.2, 0.25) is 0 Å². The highest BCUT2D eigenvalue weighted by Crippen LogP contribution is 2.17. The van der Waals surface area contributed by atoms with E-state index in [0.29, 0.717) is 12.1 Å². The number of rotatable bonds is 5. The van der Waals surface area contributed by atoms with Gasteiger partial charge in [0.2, 0.25) is 0 Å². The maximum Gasteiger partial charge on any atom is 0.263 e. The van der Waals surface area contributed by atoms with Gasteiger partial charge in [-0.05, 0) is 37.1 Å². The summed E-state index contributed by atoms with van der Waals surface area (Å²) in [5.41, 5.74) is 0. The standard InChI is InChI=1S/C15H24N2OS/c1-3-12(4-2)16-13-7-5-9-17(11-13)15(18)14-8-6-10-19-14/h6,8,10,12-13,16H,3-5,7,9,11H2,1-2H3/t13-/m1/s1. The lowest BCUT2D eigenvalue weighted by Gasteiger charge is -2.35. The van der Waals surface area contributed by atoms with Gasteiger partial charge in [0.1, 0.15) is 0 Å². The van der Waals surface area contributed by atoms with Crippen LogP contribution in [0.5, 0.6) is 0 Å². The Morgan fingerprint density at radius 2 is 2.32 bits per heavy atom. The van der Waals surface area contributed by atoms with E-state index >= 15 is 0 Å². The van der Waals surface area contributed by atoms with Crippen molar-refractivity contribution in [2.75, 3.05) is 13.1 Å². The van der Waals surface area contributed by atoms with Gasteiger partial charge in [0.05, 0.1) is 4.88 Å². The fourth-order valence-electron chi connectivity index (χ4n) is 2.71. The van der Waals surface area contributed by atoms with Crippen molar-refractivity contribution in [3.05, 3.63) is 22.4 Å². The summed E-state index contributed by atoms with van der Waals surface area (Å²) in [5.74, 6) is 0.200. The summed E-state index contributed by atoms with van der Waals surface area (Å²) in [6.07, 6.45) is 4.61. The van der Waals surface area contributed by atoms with E-state index in [1.165, 1.54) is 17.8 Å². The first kappa shape index (κ1) is 14.5. The summed E-state index contributed by atoms with van der Waals surface area (Å²) in [4.78, 5) is 15.2. The lowest BCUT2D eigenvalue weighted by molar-refractivity contribution is 0.0693. The third kappa shape index (κ3) is 3.80. The van der Waals surface area contributed by atoms with Crippen LogP contribution in [-0.4, -0.2) is 36.0 Å². The van der Waals surface area contributed by atoms with Crippen molar-refractivity contribution in [3.8, 4) is 0 Å². The molecule has 0 bridgehead atoms. The Labute approximate surface area is 120 Å². The van der Waals surface area contributed by atoms with Crippen LogP contribution in [0.3, 0.4) is 0 Å². The summed E-state index contributed by atoms with van der Waals surface area (Å²) in [7, 11) is 0. The number of carbonyl (C=O) groups is 1. The van der Waals surface area contributed by atoms with E-state index in [1.54, 1.807) is 0 Å². The number of nitrogens with one attached hydrogen (secondary N) is 1. The molecule has 1 fully saturated rings. The van der Waals surface area contributed by atoms with Crippen molar-refractivity contribution < 1.29 is 4.79 Å².